The molecule has 210 valence electrons. The topological polar surface area (TPSA) is 138 Å². The van der Waals surface area contributed by atoms with Gasteiger partial charge >= 0.3 is 5.69 Å². The first-order chi connectivity index (χ1) is 19.0. The lowest BCUT2D eigenvalue weighted by Gasteiger charge is -2.21. The molecule has 3 N–H and O–H groups in total. The van der Waals surface area contributed by atoms with Crippen molar-refractivity contribution in [1.29, 1.82) is 0 Å². The smallest absolute Gasteiger partial charge is 0.324 e. The summed E-state index contributed by atoms with van der Waals surface area (Å²) in [4.78, 5) is 24.3. The fourth-order valence-electron chi connectivity index (χ4n) is 4.77. The molecule has 0 fully saturated rings. The third-order valence-electron chi connectivity index (χ3n) is 6.37. The van der Waals surface area contributed by atoms with E-state index in [1.165, 1.54) is 12.1 Å². The van der Waals surface area contributed by atoms with Crippen LogP contribution in [-0.4, -0.2) is 59.4 Å². The number of likely N-dealkylation sites (N-methyl/N-ethyl adjacent to an activating group) is 1. The summed E-state index contributed by atoms with van der Waals surface area (Å²) in [6.07, 6.45) is 1.06. The third kappa shape index (κ3) is 5.69. The number of rotatable bonds is 7. The molecule has 1 amide bonds. The van der Waals surface area contributed by atoms with Gasteiger partial charge in [-0.05, 0) is 33.7 Å². The fourth-order valence-corrected chi connectivity index (χ4v) is 4.77. The normalized spacial score (nSPS) is 11.6. The summed E-state index contributed by atoms with van der Waals surface area (Å²) >= 11 is 0. The van der Waals surface area contributed by atoms with Crippen LogP contribution >= 0.6 is 0 Å². The molecule has 0 unspecified atom stereocenters. The maximum atomic E-state index is 12.6. The van der Waals surface area contributed by atoms with Crippen molar-refractivity contribution in [2.75, 3.05) is 27.7 Å². The zero-order valence-electron chi connectivity index (χ0n) is 22.5. The Labute approximate surface area is 241 Å². The number of aromatic hydroxyl groups is 2. The largest absolute Gasteiger partial charge is 1.00 e. The first-order valence-corrected chi connectivity index (χ1v) is 12.4. The van der Waals surface area contributed by atoms with Crippen molar-refractivity contribution in [2.45, 2.75) is 0 Å². The van der Waals surface area contributed by atoms with Crippen molar-refractivity contribution in [1.82, 2.24) is 5.43 Å². The van der Waals surface area contributed by atoms with Crippen molar-refractivity contribution >= 4 is 39.4 Å². The molecule has 0 spiro atoms. The molecule has 1 heterocycles. The summed E-state index contributed by atoms with van der Waals surface area (Å²) in [6, 6.07) is 20.8. The quantitative estimate of drug-likeness (QED) is 0.118. The Morgan fingerprint density at radius 2 is 1.44 bits per heavy atom. The Kier molecular flexibility index (Phi) is 8.00. The predicted octanol–water partition coefficient (Wildman–Crippen LogP) is 2.40. The number of fused-ring (bicyclic) bond motifs is 2. The van der Waals surface area contributed by atoms with E-state index in [0.29, 0.717) is 15.3 Å². The summed E-state index contributed by atoms with van der Waals surface area (Å²) in [6.45, 7) is 0.127. The minimum absolute atomic E-state index is 0. The highest BCUT2D eigenvalue weighted by Crippen LogP contribution is 2.51. The summed E-state index contributed by atoms with van der Waals surface area (Å²) in [5.41, 5.74) is 2.27. The van der Waals surface area contributed by atoms with Crippen LogP contribution < -0.4 is 17.8 Å². The molecule has 41 heavy (non-hydrogen) atoms. The van der Waals surface area contributed by atoms with E-state index >= 15 is 0 Å². The molecule has 0 radical (unpaired) electrons. The van der Waals surface area contributed by atoms with Crippen molar-refractivity contribution in [3.05, 3.63) is 88.7 Å². The van der Waals surface area contributed by atoms with Gasteiger partial charge in [0.25, 0.3) is 5.91 Å². The number of hydrogen-bond acceptors (Lipinski definition) is 7. The number of nitrogens with one attached hydrogen (secondary N) is 1. The highest BCUT2D eigenvalue weighted by molar-refractivity contribution is 6.10. The van der Waals surface area contributed by atoms with Gasteiger partial charge in [0.2, 0.25) is 5.76 Å². The van der Waals surface area contributed by atoms with Crippen LogP contribution in [0.15, 0.2) is 82.3 Å². The maximum absolute atomic E-state index is 12.6. The van der Waals surface area contributed by atoms with E-state index in [2.05, 4.69) is 10.5 Å². The number of nitrogens with zero attached hydrogens (tertiary/aromatic N) is 3. The van der Waals surface area contributed by atoms with Gasteiger partial charge in [0, 0.05) is 5.56 Å². The minimum Gasteiger partial charge on any atom is -1.00 e. The molecule has 5 aromatic rings. The van der Waals surface area contributed by atoms with Crippen LogP contribution in [0.25, 0.3) is 44.0 Å². The Balaban J connectivity index is 0.00000387. The van der Waals surface area contributed by atoms with E-state index in [1.807, 2.05) is 45.4 Å². The molecule has 0 aliphatic carbocycles. The Hall–Kier alpha value is -4.93. The van der Waals surface area contributed by atoms with Gasteiger partial charge < -0.3 is 31.5 Å². The molecular weight excluding hydrogens is 548 g/mol. The van der Waals surface area contributed by atoms with Crippen LogP contribution in [0.5, 0.6) is 11.5 Å². The average molecular weight is 575 g/mol. The molecule has 10 nitrogen and oxygen atoms in total. The highest BCUT2D eigenvalue weighted by Gasteiger charge is 2.35. The highest BCUT2D eigenvalue weighted by atomic mass is 35.5. The molecule has 0 saturated carbocycles. The zero-order valence-corrected chi connectivity index (χ0v) is 23.2. The number of hydrazone groups is 1. The van der Waals surface area contributed by atoms with E-state index in [-0.39, 0.29) is 58.7 Å². The molecular formula is C30H27ClN4O6. The summed E-state index contributed by atoms with van der Waals surface area (Å²) in [7, 11) is 5.52. The number of quaternary nitrogens is 1. The van der Waals surface area contributed by atoms with Gasteiger partial charge in [0.05, 0.1) is 37.8 Å². The standard InChI is InChI=1S/C30H26N4O6.ClH/c1-34(2,3)17-25(37)32-31-16-24-29(33(38)39)28(26-20-10-6-4-8-18(20)12-14-22(26)35)30(40-24)27-21-11-7-5-9-19(21)13-15-23(27)36;/h4-16H,17H2,1-3H3,(H2-,31,32,35,36,37);1H. The van der Waals surface area contributed by atoms with E-state index < -0.39 is 16.5 Å². The minimum atomic E-state index is -0.624. The lowest BCUT2D eigenvalue weighted by atomic mass is 9.92. The molecule has 0 bridgehead atoms. The number of furan rings is 1. The summed E-state index contributed by atoms with van der Waals surface area (Å²) < 4.78 is 6.46. The van der Waals surface area contributed by atoms with Crippen LogP contribution in [0, 0.1) is 10.1 Å². The zero-order chi connectivity index (χ0) is 28.6. The number of carbonyl (C=O) groups excluding carboxylic acids is 1. The monoisotopic (exact) mass is 574 g/mol. The Morgan fingerprint density at radius 1 is 0.902 bits per heavy atom. The van der Waals surface area contributed by atoms with Gasteiger partial charge in [-0.2, -0.15) is 5.10 Å². The van der Waals surface area contributed by atoms with Gasteiger partial charge in [-0.15, -0.1) is 0 Å². The molecule has 0 aliphatic heterocycles. The van der Waals surface area contributed by atoms with Crippen molar-refractivity contribution in [3.63, 3.8) is 0 Å². The number of amides is 1. The fraction of sp³-hybridized carbons (Fsp3) is 0.133. The number of nitro groups is 1. The second-order valence-electron chi connectivity index (χ2n) is 10.4. The summed E-state index contributed by atoms with van der Waals surface area (Å²) in [5, 5.41) is 41.3. The maximum Gasteiger partial charge on any atom is 0.324 e. The second kappa shape index (κ2) is 11.3. The molecule has 4 aromatic carbocycles. The van der Waals surface area contributed by atoms with Crippen LogP contribution in [0.2, 0.25) is 0 Å². The van der Waals surface area contributed by atoms with Crippen molar-refractivity contribution in [2.24, 2.45) is 5.10 Å². The van der Waals surface area contributed by atoms with Crippen LogP contribution in [0.3, 0.4) is 0 Å². The van der Waals surface area contributed by atoms with E-state index in [1.54, 1.807) is 36.4 Å². The van der Waals surface area contributed by atoms with Gasteiger partial charge in [-0.25, -0.2) is 5.43 Å². The van der Waals surface area contributed by atoms with E-state index in [0.717, 1.165) is 17.0 Å². The van der Waals surface area contributed by atoms with Crippen molar-refractivity contribution < 1.29 is 41.2 Å². The molecule has 11 heteroatoms. The summed E-state index contributed by atoms with van der Waals surface area (Å²) in [5.74, 6) is -1.05. The molecule has 0 atom stereocenters. The van der Waals surface area contributed by atoms with E-state index in [4.69, 9.17) is 4.42 Å². The SMILES string of the molecule is C[N+](C)(C)CC(=O)NN=Cc1oc(-c2c(O)ccc3ccccc23)c(-c2c(O)ccc3ccccc23)c1[N+](=O)[O-].[Cl-]. The lowest BCUT2D eigenvalue weighted by molar-refractivity contribution is -0.862. The molecule has 5 rings (SSSR count). The lowest BCUT2D eigenvalue weighted by Crippen LogP contribution is -3.00. The Bertz CT molecular complexity index is 1820. The van der Waals surface area contributed by atoms with Gasteiger partial charge in [0.15, 0.2) is 12.3 Å². The Morgan fingerprint density at radius 3 is 2.00 bits per heavy atom. The molecule has 1 aromatic heterocycles. The number of halogens is 1. The van der Waals surface area contributed by atoms with Gasteiger partial charge in [-0.3, -0.25) is 14.9 Å². The van der Waals surface area contributed by atoms with Crippen LogP contribution in [0.4, 0.5) is 5.69 Å². The number of phenols is 2. The number of phenolic OH excluding ortho intramolecular Hbond substituents is 2. The molecule has 0 saturated heterocycles. The van der Waals surface area contributed by atoms with Gasteiger partial charge in [-0.1, -0.05) is 60.7 Å². The first kappa shape index (κ1) is 29.1. The number of benzene rings is 4. The molecule has 0 aliphatic rings. The van der Waals surface area contributed by atoms with E-state index in [9.17, 15) is 25.1 Å². The van der Waals surface area contributed by atoms with Crippen LogP contribution in [0.1, 0.15) is 5.76 Å². The first-order valence-electron chi connectivity index (χ1n) is 12.4. The second-order valence-corrected chi connectivity index (χ2v) is 10.4. The predicted molar refractivity (Wildman–Crippen MR) is 153 cm³/mol. The van der Waals surface area contributed by atoms with Crippen LogP contribution in [-0.2, 0) is 4.79 Å². The average Bonchev–Trinajstić information content (AvgIpc) is 3.26. The third-order valence-corrected chi connectivity index (χ3v) is 6.37. The number of hydrogen-bond donors (Lipinski definition) is 3. The van der Waals surface area contributed by atoms with Crippen molar-refractivity contribution in [3.8, 4) is 33.9 Å². The van der Waals surface area contributed by atoms with Gasteiger partial charge in [0.1, 0.15) is 17.1 Å². The number of carbonyl (C=O) groups is 1.